The second-order valence-electron chi connectivity index (χ2n) is 7.88. The van der Waals surface area contributed by atoms with Gasteiger partial charge < -0.3 is 19.7 Å². The predicted molar refractivity (Wildman–Crippen MR) is 118 cm³/mol. The normalized spacial score (nSPS) is 16.2. The molecule has 2 aromatic heterocycles. The molecule has 3 aromatic rings. The first-order valence-electron chi connectivity index (χ1n) is 10.6. The molecule has 2 aliphatic rings. The quantitative estimate of drug-likeness (QED) is 0.596. The van der Waals surface area contributed by atoms with Gasteiger partial charge in [-0.05, 0) is 43.0 Å². The number of nitrogens with zero attached hydrogens (tertiary/aromatic N) is 3. The molecule has 1 amide bonds. The number of benzene rings is 1. The van der Waals surface area contributed by atoms with Crippen molar-refractivity contribution < 1.29 is 27.4 Å². The van der Waals surface area contributed by atoms with Crippen molar-refractivity contribution in [2.75, 3.05) is 43.1 Å². The number of halogens is 3. The maximum atomic E-state index is 13.3. The van der Waals surface area contributed by atoms with E-state index >= 15 is 0 Å². The van der Waals surface area contributed by atoms with Crippen molar-refractivity contribution in [1.82, 2.24) is 9.97 Å². The molecule has 0 spiro atoms. The average molecular weight is 478 g/mol. The Hall–Kier alpha value is -2.92. The molecule has 7 nitrogen and oxygen atoms in total. The maximum absolute atomic E-state index is 13.3. The van der Waals surface area contributed by atoms with Crippen molar-refractivity contribution in [3.8, 4) is 5.88 Å². The van der Waals surface area contributed by atoms with E-state index in [0.717, 1.165) is 41.6 Å². The fourth-order valence-electron chi connectivity index (χ4n) is 4.22. The largest absolute Gasteiger partial charge is 0.467 e. The van der Waals surface area contributed by atoms with Crippen LogP contribution >= 0.6 is 11.3 Å². The van der Waals surface area contributed by atoms with E-state index in [1.165, 1.54) is 22.8 Å². The van der Waals surface area contributed by atoms with Gasteiger partial charge in [0, 0.05) is 18.0 Å². The molecule has 1 saturated heterocycles. The van der Waals surface area contributed by atoms with Crippen molar-refractivity contribution in [3.63, 3.8) is 0 Å². The number of ether oxygens (including phenoxy) is 2. The third-order valence-electron chi connectivity index (χ3n) is 5.76. The monoisotopic (exact) mass is 478 g/mol. The number of amides is 1. The molecule has 5 rings (SSSR count). The second-order valence-corrected chi connectivity index (χ2v) is 8.97. The Morgan fingerprint density at radius 2 is 2.03 bits per heavy atom. The summed E-state index contributed by atoms with van der Waals surface area (Å²) in [6.07, 6.45) is -0.156. The molecule has 11 heteroatoms. The molecule has 1 N–H and O–H groups in total. The highest BCUT2D eigenvalue weighted by molar-refractivity contribution is 7.18. The molecule has 3 heterocycles. The van der Waals surface area contributed by atoms with Crippen LogP contribution in [0.5, 0.6) is 5.88 Å². The minimum atomic E-state index is -4.52. The summed E-state index contributed by atoms with van der Waals surface area (Å²) in [5.74, 6) is -0.241. The summed E-state index contributed by atoms with van der Waals surface area (Å²) >= 11 is 1.61. The van der Waals surface area contributed by atoms with Gasteiger partial charge in [-0.3, -0.25) is 4.79 Å². The molecule has 1 fully saturated rings. The Bertz CT molecular complexity index is 1190. The first-order valence-corrected chi connectivity index (χ1v) is 11.4. The Morgan fingerprint density at radius 3 is 2.82 bits per heavy atom. The van der Waals surface area contributed by atoms with Gasteiger partial charge in [0.25, 0.3) is 5.91 Å². The Kier molecular flexibility index (Phi) is 5.83. The SMILES string of the molecule is O=C(COc1ncnc2sc3c(c12)CCC3)Nc1cc(C(F)(F)F)ccc1N1CCOCC1. The lowest BCUT2D eigenvalue weighted by molar-refractivity contribution is -0.137. The van der Waals surface area contributed by atoms with E-state index in [4.69, 9.17) is 9.47 Å². The van der Waals surface area contributed by atoms with E-state index in [9.17, 15) is 18.0 Å². The standard InChI is InChI=1S/C22H21F3N4O3S/c23-22(24,25)13-4-5-16(29-6-8-31-9-7-29)15(10-13)28-18(30)11-32-20-19-14-2-1-3-17(14)33-21(19)27-12-26-20/h4-5,10,12H,1-3,6-9,11H2,(H,28,30). The molecular weight excluding hydrogens is 457 g/mol. The number of aryl methyl sites for hydroxylation is 2. The number of carbonyl (C=O) groups is 1. The lowest BCUT2D eigenvalue weighted by atomic mass is 10.1. The molecule has 0 radical (unpaired) electrons. The molecule has 33 heavy (non-hydrogen) atoms. The van der Waals surface area contributed by atoms with Gasteiger partial charge in [0.2, 0.25) is 5.88 Å². The number of morpholine rings is 1. The summed E-state index contributed by atoms with van der Waals surface area (Å²) in [6.45, 7) is 1.59. The first-order chi connectivity index (χ1) is 15.9. The summed E-state index contributed by atoms with van der Waals surface area (Å²) in [7, 11) is 0. The topological polar surface area (TPSA) is 76.6 Å². The number of anilines is 2. The van der Waals surface area contributed by atoms with Crippen LogP contribution in [0, 0.1) is 0 Å². The third-order valence-corrected chi connectivity index (χ3v) is 6.96. The van der Waals surface area contributed by atoms with Gasteiger partial charge in [-0.1, -0.05) is 0 Å². The number of fused-ring (bicyclic) bond motifs is 3. The Morgan fingerprint density at radius 1 is 1.21 bits per heavy atom. The van der Waals surface area contributed by atoms with Gasteiger partial charge in [0.15, 0.2) is 6.61 Å². The number of rotatable bonds is 5. The Labute approximate surface area is 191 Å². The molecule has 0 unspecified atom stereocenters. The molecular formula is C22H21F3N4O3S. The highest BCUT2D eigenvalue weighted by atomic mass is 32.1. The van der Waals surface area contributed by atoms with Gasteiger partial charge in [0.05, 0.1) is 35.5 Å². The van der Waals surface area contributed by atoms with Gasteiger partial charge >= 0.3 is 6.18 Å². The maximum Gasteiger partial charge on any atom is 0.416 e. The van der Waals surface area contributed by atoms with Crippen molar-refractivity contribution in [2.45, 2.75) is 25.4 Å². The van der Waals surface area contributed by atoms with Gasteiger partial charge in [-0.2, -0.15) is 13.2 Å². The zero-order chi connectivity index (χ0) is 23.0. The van der Waals surface area contributed by atoms with Crippen molar-refractivity contribution >= 4 is 38.8 Å². The minimum absolute atomic E-state index is 0.0876. The van der Waals surface area contributed by atoms with Crippen LogP contribution in [0.4, 0.5) is 24.5 Å². The van der Waals surface area contributed by atoms with Crippen LogP contribution in [0.3, 0.4) is 0 Å². The average Bonchev–Trinajstić information content (AvgIpc) is 3.39. The van der Waals surface area contributed by atoms with Gasteiger partial charge in [0.1, 0.15) is 11.2 Å². The zero-order valence-electron chi connectivity index (χ0n) is 17.6. The fraction of sp³-hybridized carbons (Fsp3) is 0.409. The van der Waals surface area contributed by atoms with Crippen molar-refractivity contribution in [3.05, 3.63) is 40.5 Å². The van der Waals surface area contributed by atoms with E-state index in [1.807, 2.05) is 4.90 Å². The molecule has 1 aromatic carbocycles. The summed E-state index contributed by atoms with van der Waals surface area (Å²) in [5, 5.41) is 3.43. The van der Waals surface area contributed by atoms with E-state index < -0.39 is 17.6 Å². The zero-order valence-corrected chi connectivity index (χ0v) is 18.4. The first kappa shape index (κ1) is 21.9. The summed E-state index contributed by atoms with van der Waals surface area (Å²) < 4.78 is 50.9. The summed E-state index contributed by atoms with van der Waals surface area (Å²) in [6, 6.07) is 3.36. The highest BCUT2D eigenvalue weighted by Crippen LogP contribution is 2.40. The van der Waals surface area contributed by atoms with Crippen LogP contribution < -0.4 is 15.0 Å². The number of thiophene rings is 1. The fourth-order valence-corrected chi connectivity index (χ4v) is 5.44. The van der Waals surface area contributed by atoms with Crippen LogP contribution in [0.2, 0.25) is 0 Å². The van der Waals surface area contributed by atoms with E-state index in [2.05, 4.69) is 15.3 Å². The van der Waals surface area contributed by atoms with Gasteiger partial charge in [-0.25, -0.2) is 9.97 Å². The third kappa shape index (κ3) is 4.47. The summed E-state index contributed by atoms with van der Waals surface area (Å²) in [5.41, 5.74) is 0.935. The Balaban J connectivity index is 1.36. The number of nitrogens with one attached hydrogen (secondary N) is 1. The number of aromatic nitrogens is 2. The predicted octanol–water partition coefficient (Wildman–Crippen LogP) is 4.05. The van der Waals surface area contributed by atoms with E-state index in [1.54, 1.807) is 11.3 Å². The number of hydrogen-bond acceptors (Lipinski definition) is 7. The second kappa shape index (κ2) is 8.79. The minimum Gasteiger partial charge on any atom is -0.467 e. The molecule has 174 valence electrons. The van der Waals surface area contributed by atoms with Crippen LogP contribution in [0.15, 0.2) is 24.5 Å². The van der Waals surface area contributed by atoms with E-state index in [-0.39, 0.29) is 12.3 Å². The van der Waals surface area contributed by atoms with Gasteiger partial charge in [-0.15, -0.1) is 11.3 Å². The molecule has 1 aliphatic heterocycles. The lowest BCUT2D eigenvalue weighted by Crippen LogP contribution is -2.37. The summed E-state index contributed by atoms with van der Waals surface area (Å²) in [4.78, 5) is 25.2. The van der Waals surface area contributed by atoms with Crippen LogP contribution in [0.25, 0.3) is 10.2 Å². The number of alkyl halides is 3. The van der Waals surface area contributed by atoms with Crippen LogP contribution in [0.1, 0.15) is 22.4 Å². The lowest BCUT2D eigenvalue weighted by Gasteiger charge is -2.31. The van der Waals surface area contributed by atoms with Crippen molar-refractivity contribution in [2.24, 2.45) is 0 Å². The molecule has 1 aliphatic carbocycles. The smallest absolute Gasteiger partial charge is 0.416 e. The number of hydrogen-bond donors (Lipinski definition) is 1. The highest BCUT2D eigenvalue weighted by Gasteiger charge is 2.32. The van der Waals surface area contributed by atoms with Crippen LogP contribution in [-0.4, -0.2) is 48.8 Å². The molecule has 0 atom stereocenters. The van der Waals surface area contributed by atoms with Crippen molar-refractivity contribution in [1.29, 1.82) is 0 Å². The van der Waals surface area contributed by atoms with E-state index in [0.29, 0.717) is 37.9 Å². The number of carbonyl (C=O) groups excluding carboxylic acids is 1. The molecule has 0 saturated carbocycles. The molecule has 0 bridgehead atoms. The van der Waals surface area contributed by atoms with Crippen LogP contribution in [-0.2, 0) is 28.5 Å².